The zero-order valence-corrected chi connectivity index (χ0v) is 16.0. The summed E-state index contributed by atoms with van der Waals surface area (Å²) in [6, 6.07) is 10.8. The number of carbonyl (C=O) groups is 1. The van der Waals surface area contributed by atoms with E-state index in [9.17, 15) is 13.6 Å². The molecule has 1 aliphatic rings. The monoisotopic (exact) mass is 371 g/mol. The van der Waals surface area contributed by atoms with Crippen molar-refractivity contribution in [2.24, 2.45) is 0 Å². The van der Waals surface area contributed by atoms with Crippen LogP contribution in [-0.4, -0.2) is 17.9 Å². The van der Waals surface area contributed by atoms with Crippen molar-refractivity contribution in [3.05, 3.63) is 70.8 Å². The van der Waals surface area contributed by atoms with Crippen molar-refractivity contribution >= 4 is 5.78 Å². The number of hydrogen-bond donors (Lipinski definition) is 1. The van der Waals surface area contributed by atoms with Crippen molar-refractivity contribution in [1.82, 2.24) is 5.32 Å². The maximum atomic E-state index is 13.6. The highest BCUT2D eigenvalue weighted by atomic mass is 19.1. The Bertz CT molecular complexity index is 779. The minimum absolute atomic E-state index is 0.0144. The van der Waals surface area contributed by atoms with Gasteiger partial charge in [-0.3, -0.25) is 4.79 Å². The van der Waals surface area contributed by atoms with Gasteiger partial charge in [-0.15, -0.1) is 0 Å². The maximum Gasteiger partial charge on any atom is 0.179 e. The van der Waals surface area contributed by atoms with Crippen LogP contribution in [0.5, 0.6) is 0 Å². The van der Waals surface area contributed by atoms with Crippen LogP contribution in [0.4, 0.5) is 8.78 Å². The number of halogens is 2. The van der Waals surface area contributed by atoms with Gasteiger partial charge < -0.3 is 5.32 Å². The fourth-order valence-corrected chi connectivity index (χ4v) is 4.10. The lowest BCUT2D eigenvalue weighted by molar-refractivity contribution is 0.0927. The Morgan fingerprint density at radius 1 is 1.04 bits per heavy atom. The van der Waals surface area contributed by atoms with Gasteiger partial charge in [0.25, 0.3) is 0 Å². The van der Waals surface area contributed by atoms with E-state index in [1.54, 1.807) is 18.2 Å². The van der Waals surface area contributed by atoms with Crippen LogP contribution in [0.2, 0.25) is 0 Å². The Hall–Kier alpha value is -2.07. The quantitative estimate of drug-likeness (QED) is 0.675. The van der Waals surface area contributed by atoms with Crippen LogP contribution in [0.15, 0.2) is 42.5 Å². The number of nitrogens with one attached hydrogen (secondary N) is 1. The average molecular weight is 371 g/mol. The number of Topliss-reactive ketones (excluding diaryl/α,β-unsaturated/α-hetero) is 1. The molecule has 3 rings (SSSR count). The number of aryl methyl sites for hydroxylation is 1. The Morgan fingerprint density at radius 2 is 1.67 bits per heavy atom. The van der Waals surface area contributed by atoms with Crippen molar-refractivity contribution < 1.29 is 13.6 Å². The molecule has 2 nitrogen and oxygen atoms in total. The molecule has 0 saturated heterocycles. The molecule has 0 aromatic heterocycles. The summed E-state index contributed by atoms with van der Waals surface area (Å²) in [6.07, 6.45) is 4.60. The summed E-state index contributed by atoms with van der Waals surface area (Å²) in [5, 5.41) is 3.50. The Labute approximate surface area is 160 Å². The molecule has 1 aliphatic carbocycles. The lowest BCUT2D eigenvalue weighted by atomic mass is 9.80. The van der Waals surface area contributed by atoms with E-state index in [2.05, 4.69) is 5.32 Å². The first-order valence-electron chi connectivity index (χ1n) is 9.79. The highest BCUT2D eigenvalue weighted by molar-refractivity contribution is 6.00. The fourth-order valence-electron chi connectivity index (χ4n) is 4.10. The van der Waals surface area contributed by atoms with E-state index in [1.807, 2.05) is 19.9 Å². The normalized spacial score (nSPS) is 21.0. The SMILES string of the molecule is CCC(NC1CCC(c2cc(F)ccc2C)CC1)C(=O)c1ccc(F)cc1. The second-order valence-corrected chi connectivity index (χ2v) is 7.55. The third-order valence-electron chi connectivity index (χ3n) is 5.70. The summed E-state index contributed by atoms with van der Waals surface area (Å²) in [6.45, 7) is 4.02. The van der Waals surface area contributed by atoms with Gasteiger partial charge in [0, 0.05) is 11.6 Å². The van der Waals surface area contributed by atoms with Gasteiger partial charge in [-0.2, -0.15) is 0 Å². The van der Waals surface area contributed by atoms with Gasteiger partial charge in [-0.05, 0) is 92.5 Å². The van der Waals surface area contributed by atoms with Crippen LogP contribution < -0.4 is 5.32 Å². The van der Waals surface area contributed by atoms with Gasteiger partial charge >= 0.3 is 0 Å². The van der Waals surface area contributed by atoms with Crippen LogP contribution in [0, 0.1) is 18.6 Å². The van der Waals surface area contributed by atoms with Crippen LogP contribution >= 0.6 is 0 Å². The summed E-state index contributed by atoms with van der Waals surface area (Å²) >= 11 is 0. The lowest BCUT2D eigenvalue weighted by Crippen LogP contribution is -2.44. The van der Waals surface area contributed by atoms with E-state index in [0.717, 1.165) is 36.8 Å². The predicted octanol–water partition coefficient (Wildman–Crippen LogP) is 5.55. The highest BCUT2D eigenvalue weighted by Crippen LogP contribution is 2.35. The van der Waals surface area contributed by atoms with Crippen molar-refractivity contribution in [2.75, 3.05) is 0 Å². The Morgan fingerprint density at radius 3 is 2.30 bits per heavy atom. The third kappa shape index (κ3) is 4.81. The summed E-state index contributed by atoms with van der Waals surface area (Å²) in [5.74, 6) is -0.113. The molecule has 144 valence electrons. The first-order valence-corrected chi connectivity index (χ1v) is 9.79. The van der Waals surface area contributed by atoms with E-state index in [-0.39, 0.29) is 29.5 Å². The summed E-state index contributed by atoms with van der Waals surface area (Å²) in [5.41, 5.74) is 2.80. The van der Waals surface area contributed by atoms with E-state index in [0.29, 0.717) is 17.9 Å². The molecule has 27 heavy (non-hydrogen) atoms. The van der Waals surface area contributed by atoms with Gasteiger partial charge in [-0.1, -0.05) is 13.0 Å². The second kappa shape index (κ2) is 8.75. The first kappa shape index (κ1) is 19.7. The summed E-state index contributed by atoms with van der Waals surface area (Å²) < 4.78 is 26.7. The van der Waals surface area contributed by atoms with Crippen LogP contribution in [0.1, 0.15) is 66.4 Å². The molecule has 0 heterocycles. The van der Waals surface area contributed by atoms with E-state index >= 15 is 0 Å². The average Bonchev–Trinajstić information content (AvgIpc) is 2.68. The number of rotatable bonds is 6. The maximum absolute atomic E-state index is 13.6. The molecule has 1 N–H and O–H groups in total. The highest BCUT2D eigenvalue weighted by Gasteiger charge is 2.27. The van der Waals surface area contributed by atoms with Crippen molar-refractivity contribution in [3.63, 3.8) is 0 Å². The van der Waals surface area contributed by atoms with Gasteiger partial charge in [0.05, 0.1) is 6.04 Å². The molecule has 1 atom stereocenters. The van der Waals surface area contributed by atoms with Gasteiger partial charge in [0.1, 0.15) is 11.6 Å². The van der Waals surface area contributed by atoms with E-state index in [1.165, 1.54) is 18.2 Å². The molecule has 0 amide bonds. The van der Waals surface area contributed by atoms with Crippen LogP contribution in [0.25, 0.3) is 0 Å². The largest absolute Gasteiger partial charge is 0.304 e. The molecule has 0 spiro atoms. The molecule has 2 aromatic carbocycles. The third-order valence-corrected chi connectivity index (χ3v) is 5.70. The molecule has 1 saturated carbocycles. The number of ketones is 1. The lowest BCUT2D eigenvalue weighted by Gasteiger charge is -2.32. The smallest absolute Gasteiger partial charge is 0.179 e. The summed E-state index contributed by atoms with van der Waals surface area (Å²) in [4.78, 5) is 12.7. The van der Waals surface area contributed by atoms with E-state index in [4.69, 9.17) is 0 Å². The van der Waals surface area contributed by atoms with Gasteiger partial charge in [0.2, 0.25) is 0 Å². The Kier molecular flexibility index (Phi) is 6.38. The van der Waals surface area contributed by atoms with Crippen LogP contribution in [-0.2, 0) is 0 Å². The van der Waals surface area contributed by atoms with Gasteiger partial charge in [-0.25, -0.2) is 8.78 Å². The van der Waals surface area contributed by atoms with Gasteiger partial charge in [0.15, 0.2) is 5.78 Å². The first-order chi connectivity index (χ1) is 13.0. The zero-order chi connectivity index (χ0) is 19.4. The second-order valence-electron chi connectivity index (χ2n) is 7.55. The number of carbonyl (C=O) groups excluding carboxylic acids is 1. The molecule has 0 bridgehead atoms. The number of hydrogen-bond acceptors (Lipinski definition) is 2. The predicted molar refractivity (Wildman–Crippen MR) is 104 cm³/mol. The van der Waals surface area contributed by atoms with Crippen molar-refractivity contribution in [3.8, 4) is 0 Å². The van der Waals surface area contributed by atoms with Crippen LogP contribution in [0.3, 0.4) is 0 Å². The molecule has 4 heteroatoms. The zero-order valence-electron chi connectivity index (χ0n) is 16.0. The Balaban J connectivity index is 1.59. The van der Waals surface area contributed by atoms with E-state index < -0.39 is 0 Å². The molecule has 0 radical (unpaired) electrons. The fraction of sp³-hybridized carbons (Fsp3) is 0.435. The van der Waals surface area contributed by atoms with Crippen molar-refractivity contribution in [1.29, 1.82) is 0 Å². The minimum Gasteiger partial charge on any atom is -0.304 e. The minimum atomic E-state index is -0.335. The van der Waals surface area contributed by atoms with Crippen molar-refractivity contribution in [2.45, 2.75) is 64.0 Å². The molecular weight excluding hydrogens is 344 g/mol. The standard InChI is InChI=1S/C23H27F2NO/c1-3-22(23(27)17-5-10-18(24)11-6-17)26-20-12-7-16(8-13-20)21-14-19(25)9-4-15(21)2/h4-6,9-11,14,16,20,22,26H,3,7-8,12-13H2,1-2H3. The topological polar surface area (TPSA) is 29.1 Å². The number of benzene rings is 2. The molecular formula is C23H27F2NO. The summed E-state index contributed by atoms with van der Waals surface area (Å²) in [7, 11) is 0. The molecule has 1 fully saturated rings. The molecule has 1 unspecified atom stereocenters. The molecule has 2 aromatic rings. The molecule has 0 aliphatic heterocycles.